The fraction of sp³-hybridized carbons (Fsp3) is 0.500. The van der Waals surface area contributed by atoms with Crippen molar-refractivity contribution in [2.45, 2.75) is 46.5 Å². The molecule has 0 spiro atoms. The molecule has 0 aliphatic carbocycles. The maximum Gasteiger partial charge on any atom is 0.267 e. The van der Waals surface area contributed by atoms with Crippen molar-refractivity contribution in [2.24, 2.45) is 0 Å². The van der Waals surface area contributed by atoms with Gasteiger partial charge in [-0.05, 0) is 30.9 Å². The lowest BCUT2D eigenvalue weighted by Gasteiger charge is -1.97. The summed E-state index contributed by atoms with van der Waals surface area (Å²) in [5, 5.41) is 12.3. The topological polar surface area (TPSA) is 54.9 Å². The fourth-order valence-corrected chi connectivity index (χ4v) is 3.85. The van der Waals surface area contributed by atoms with Crippen molar-refractivity contribution in [3.8, 4) is 0 Å². The minimum absolute atomic E-state index is 0.0779. The second-order valence-electron chi connectivity index (χ2n) is 4.47. The lowest BCUT2D eigenvalue weighted by Crippen LogP contribution is -2.09. The van der Waals surface area contributed by atoms with Crippen LogP contribution in [0.2, 0.25) is 0 Å². The van der Waals surface area contributed by atoms with Crippen LogP contribution < -0.4 is 5.32 Å². The predicted molar refractivity (Wildman–Crippen MR) is 84.9 cm³/mol. The molecule has 0 aromatic carbocycles. The van der Waals surface area contributed by atoms with Gasteiger partial charge in [0.15, 0.2) is 0 Å². The van der Waals surface area contributed by atoms with Gasteiger partial charge in [-0.1, -0.05) is 38.5 Å². The molecule has 6 heteroatoms. The van der Waals surface area contributed by atoms with Crippen LogP contribution in [0, 0.1) is 0 Å². The highest BCUT2D eigenvalue weighted by molar-refractivity contribution is 7.16. The summed E-state index contributed by atoms with van der Waals surface area (Å²) in [5.41, 5.74) is 1.29. The van der Waals surface area contributed by atoms with E-state index in [1.807, 2.05) is 13.0 Å². The highest BCUT2D eigenvalue weighted by atomic mass is 32.1. The number of nitrogens with zero attached hydrogens (tertiary/aromatic N) is 2. The lowest BCUT2D eigenvalue weighted by molar-refractivity contribution is 0.103. The van der Waals surface area contributed by atoms with Crippen molar-refractivity contribution < 1.29 is 4.79 Å². The van der Waals surface area contributed by atoms with Gasteiger partial charge in [0.1, 0.15) is 5.01 Å². The minimum Gasteiger partial charge on any atom is -0.296 e. The average Bonchev–Trinajstić information content (AvgIpc) is 3.05. The molecule has 0 bridgehead atoms. The zero-order valence-electron chi connectivity index (χ0n) is 12.0. The number of thiophene rings is 1. The Labute approximate surface area is 127 Å². The second kappa shape index (κ2) is 6.95. The average molecular weight is 309 g/mol. The van der Waals surface area contributed by atoms with Gasteiger partial charge < -0.3 is 0 Å². The molecule has 1 N–H and O–H groups in total. The third kappa shape index (κ3) is 3.43. The van der Waals surface area contributed by atoms with Crippen molar-refractivity contribution in [1.29, 1.82) is 0 Å². The molecule has 0 fully saturated rings. The Morgan fingerprint density at radius 2 is 2.00 bits per heavy atom. The van der Waals surface area contributed by atoms with Gasteiger partial charge in [-0.15, -0.1) is 21.5 Å². The number of hydrogen-bond donors (Lipinski definition) is 1. The number of nitrogens with one attached hydrogen (secondary N) is 1. The van der Waals surface area contributed by atoms with Crippen molar-refractivity contribution >= 4 is 33.7 Å². The Morgan fingerprint density at radius 1 is 1.20 bits per heavy atom. The van der Waals surface area contributed by atoms with Crippen molar-refractivity contribution in [1.82, 2.24) is 10.2 Å². The summed E-state index contributed by atoms with van der Waals surface area (Å²) in [4.78, 5) is 14.3. The molecule has 2 rings (SSSR count). The zero-order valence-corrected chi connectivity index (χ0v) is 13.7. The molecular weight excluding hydrogens is 290 g/mol. The van der Waals surface area contributed by atoms with E-state index in [9.17, 15) is 4.79 Å². The summed E-state index contributed by atoms with van der Waals surface area (Å²) in [6.45, 7) is 6.31. The molecule has 0 radical (unpaired) electrons. The molecule has 0 atom stereocenters. The first-order valence-corrected chi connectivity index (χ1v) is 8.56. The van der Waals surface area contributed by atoms with Gasteiger partial charge in [0.2, 0.25) is 5.13 Å². The molecule has 20 heavy (non-hydrogen) atoms. The summed E-state index contributed by atoms with van der Waals surface area (Å²) in [6, 6.07) is 2.01. The molecule has 2 aromatic rings. The van der Waals surface area contributed by atoms with E-state index in [4.69, 9.17) is 0 Å². The van der Waals surface area contributed by atoms with Crippen molar-refractivity contribution in [3.63, 3.8) is 0 Å². The van der Waals surface area contributed by atoms with Crippen LogP contribution in [0.15, 0.2) is 6.07 Å². The van der Waals surface area contributed by atoms with Crippen LogP contribution in [0.25, 0.3) is 0 Å². The molecule has 0 aliphatic heterocycles. The molecule has 108 valence electrons. The van der Waals surface area contributed by atoms with Crippen LogP contribution in [0.4, 0.5) is 5.13 Å². The van der Waals surface area contributed by atoms with Crippen LogP contribution in [0.3, 0.4) is 0 Å². The van der Waals surface area contributed by atoms with E-state index in [-0.39, 0.29) is 5.91 Å². The van der Waals surface area contributed by atoms with Crippen LogP contribution >= 0.6 is 22.7 Å². The highest BCUT2D eigenvalue weighted by Gasteiger charge is 2.15. The molecule has 1 amide bonds. The third-order valence-electron chi connectivity index (χ3n) is 2.97. The van der Waals surface area contributed by atoms with E-state index in [1.165, 1.54) is 21.8 Å². The number of aromatic nitrogens is 2. The van der Waals surface area contributed by atoms with Gasteiger partial charge in [-0.25, -0.2) is 0 Å². The Morgan fingerprint density at radius 3 is 2.60 bits per heavy atom. The molecule has 2 heterocycles. The van der Waals surface area contributed by atoms with Gasteiger partial charge >= 0.3 is 0 Å². The Kier molecular flexibility index (Phi) is 5.25. The maximum atomic E-state index is 12.2. The number of hydrogen-bond acceptors (Lipinski definition) is 5. The number of carbonyl (C=O) groups excluding carboxylic acids is 1. The van der Waals surface area contributed by atoms with Crippen molar-refractivity contribution in [2.75, 3.05) is 5.32 Å². The van der Waals surface area contributed by atoms with E-state index in [0.29, 0.717) is 5.13 Å². The quantitative estimate of drug-likeness (QED) is 0.879. The lowest BCUT2D eigenvalue weighted by atomic mass is 10.1. The number of amides is 1. The molecular formula is C14H19N3OS2. The van der Waals surface area contributed by atoms with Gasteiger partial charge in [0, 0.05) is 4.88 Å². The van der Waals surface area contributed by atoms with Gasteiger partial charge in [-0.3, -0.25) is 10.1 Å². The first-order valence-electron chi connectivity index (χ1n) is 6.93. The van der Waals surface area contributed by atoms with E-state index in [2.05, 4.69) is 29.4 Å². The van der Waals surface area contributed by atoms with E-state index >= 15 is 0 Å². The molecule has 0 unspecified atom stereocenters. The van der Waals surface area contributed by atoms with Crippen LogP contribution in [-0.2, 0) is 19.3 Å². The van der Waals surface area contributed by atoms with Gasteiger partial charge in [-0.2, -0.15) is 0 Å². The Balaban J connectivity index is 2.12. The Hall–Kier alpha value is -1.27. The standard InChI is InChI=1S/C14H19N3OS2/c1-4-7-10-9(5-2)8-11(19-10)13(18)15-14-17-16-12(6-3)20-14/h8H,4-7H2,1-3H3,(H,15,17,18). The SMILES string of the molecule is CCCc1sc(C(=O)Nc2nnc(CC)s2)cc1CC. The maximum absolute atomic E-state index is 12.2. The van der Waals surface area contributed by atoms with Crippen LogP contribution in [-0.4, -0.2) is 16.1 Å². The predicted octanol–water partition coefficient (Wildman–Crippen LogP) is 3.93. The molecule has 4 nitrogen and oxygen atoms in total. The third-order valence-corrected chi connectivity index (χ3v) is 5.19. The molecule has 0 saturated carbocycles. The normalized spacial score (nSPS) is 10.8. The van der Waals surface area contributed by atoms with E-state index in [1.54, 1.807) is 11.3 Å². The minimum atomic E-state index is -0.0779. The molecule has 2 aromatic heterocycles. The smallest absolute Gasteiger partial charge is 0.267 e. The van der Waals surface area contributed by atoms with Crippen molar-refractivity contribution in [3.05, 3.63) is 26.4 Å². The zero-order chi connectivity index (χ0) is 14.5. The Bertz CT molecular complexity index is 589. The first-order chi connectivity index (χ1) is 9.67. The van der Waals surface area contributed by atoms with Crippen LogP contribution in [0.5, 0.6) is 0 Å². The summed E-state index contributed by atoms with van der Waals surface area (Å²) >= 11 is 3.03. The van der Waals surface area contributed by atoms with E-state index in [0.717, 1.165) is 35.6 Å². The largest absolute Gasteiger partial charge is 0.296 e. The summed E-state index contributed by atoms with van der Waals surface area (Å²) < 4.78 is 0. The fourth-order valence-electron chi connectivity index (χ4n) is 1.92. The highest BCUT2D eigenvalue weighted by Crippen LogP contribution is 2.26. The van der Waals surface area contributed by atoms with Crippen LogP contribution in [0.1, 0.15) is 52.3 Å². The van der Waals surface area contributed by atoms with E-state index < -0.39 is 0 Å². The molecule has 0 aliphatic rings. The van der Waals surface area contributed by atoms with Gasteiger partial charge in [0.05, 0.1) is 4.88 Å². The molecule has 0 saturated heterocycles. The number of rotatable bonds is 6. The number of carbonyl (C=O) groups is 1. The monoisotopic (exact) mass is 309 g/mol. The number of anilines is 1. The summed E-state index contributed by atoms with van der Waals surface area (Å²) in [6.07, 6.45) is 3.95. The summed E-state index contributed by atoms with van der Waals surface area (Å²) in [7, 11) is 0. The van der Waals surface area contributed by atoms with Gasteiger partial charge in [0.25, 0.3) is 5.91 Å². The second-order valence-corrected chi connectivity index (χ2v) is 6.67. The summed E-state index contributed by atoms with van der Waals surface area (Å²) in [5.74, 6) is -0.0779. The first kappa shape index (κ1) is 15.1. The number of aryl methyl sites for hydroxylation is 3.